The van der Waals surface area contributed by atoms with Crippen molar-refractivity contribution < 1.29 is 32.6 Å². The van der Waals surface area contributed by atoms with Crippen LogP contribution in [0.3, 0.4) is 0 Å². The van der Waals surface area contributed by atoms with Gasteiger partial charge >= 0.3 is 12.1 Å². The lowest BCUT2D eigenvalue weighted by Gasteiger charge is -2.35. The van der Waals surface area contributed by atoms with Gasteiger partial charge in [-0.15, -0.1) is 0 Å². The molecule has 0 atom stereocenters. The Morgan fingerprint density at radius 2 is 1.68 bits per heavy atom. The van der Waals surface area contributed by atoms with E-state index in [0.717, 1.165) is 23.8 Å². The van der Waals surface area contributed by atoms with Crippen molar-refractivity contribution in [2.45, 2.75) is 19.1 Å². The second-order valence-corrected chi connectivity index (χ2v) is 7.32. The van der Waals surface area contributed by atoms with E-state index in [1.165, 1.54) is 0 Å². The zero-order chi connectivity index (χ0) is 22.4. The largest absolute Gasteiger partial charge is 0.482 e. The standard InChI is InChI=1S/C22H23F3N2O4/c23-22(24,25)18-6-7-19(31-15-21(29)30)17(13-18)14-26-8-10-27(11-9-26)20(28)12-16-4-2-1-3-5-16/h1-7,13H,8-12,14-15H2,(H,29,30). The first-order valence-electron chi connectivity index (χ1n) is 9.81. The molecular weight excluding hydrogens is 413 g/mol. The highest BCUT2D eigenvalue weighted by atomic mass is 19.4. The summed E-state index contributed by atoms with van der Waals surface area (Å²) in [5.74, 6) is -1.09. The number of aliphatic carboxylic acids is 1. The van der Waals surface area contributed by atoms with E-state index in [9.17, 15) is 22.8 Å². The summed E-state index contributed by atoms with van der Waals surface area (Å²) in [5, 5.41) is 8.80. The summed E-state index contributed by atoms with van der Waals surface area (Å²) in [5.41, 5.74) is 0.376. The third-order valence-electron chi connectivity index (χ3n) is 5.06. The average Bonchev–Trinajstić information content (AvgIpc) is 2.73. The molecule has 1 aliphatic heterocycles. The number of carbonyl (C=O) groups excluding carboxylic acids is 1. The summed E-state index contributed by atoms with van der Waals surface area (Å²) >= 11 is 0. The molecule has 1 aliphatic rings. The zero-order valence-corrected chi connectivity index (χ0v) is 16.8. The van der Waals surface area contributed by atoms with Crippen LogP contribution >= 0.6 is 0 Å². The van der Waals surface area contributed by atoms with Crippen LogP contribution in [0, 0.1) is 0 Å². The van der Waals surface area contributed by atoms with Gasteiger partial charge in [0.05, 0.1) is 12.0 Å². The van der Waals surface area contributed by atoms with Crippen molar-refractivity contribution in [1.82, 2.24) is 9.80 Å². The van der Waals surface area contributed by atoms with Crippen LogP contribution in [0.15, 0.2) is 48.5 Å². The number of benzene rings is 2. The first-order valence-corrected chi connectivity index (χ1v) is 9.81. The normalized spacial score (nSPS) is 15.0. The summed E-state index contributed by atoms with van der Waals surface area (Å²) < 4.78 is 44.5. The summed E-state index contributed by atoms with van der Waals surface area (Å²) in [6, 6.07) is 12.4. The Morgan fingerprint density at radius 3 is 2.29 bits per heavy atom. The fourth-order valence-electron chi connectivity index (χ4n) is 3.44. The molecule has 166 valence electrons. The predicted molar refractivity (Wildman–Crippen MR) is 107 cm³/mol. The SMILES string of the molecule is O=C(O)COc1ccc(C(F)(F)F)cc1CN1CCN(C(=O)Cc2ccccc2)CC1. The molecule has 9 heteroatoms. The van der Waals surface area contributed by atoms with E-state index < -0.39 is 24.3 Å². The van der Waals surface area contributed by atoms with E-state index in [1.54, 1.807) is 4.90 Å². The molecule has 6 nitrogen and oxygen atoms in total. The van der Waals surface area contributed by atoms with Crippen LogP contribution in [0.2, 0.25) is 0 Å². The maximum absolute atomic E-state index is 13.1. The molecule has 1 fully saturated rings. The molecule has 2 aromatic rings. The number of alkyl halides is 3. The Hall–Kier alpha value is -3.07. The number of ether oxygens (including phenoxy) is 1. The predicted octanol–water partition coefficient (Wildman–Crippen LogP) is 3.06. The number of hydrogen-bond donors (Lipinski definition) is 1. The lowest BCUT2D eigenvalue weighted by molar-refractivity contribution is -0.140. The fourth-order valence-corrected chi connectivity index (χ4v) is 3.44. The number of piperazine rings is 1. The molecule has 0 aliphatic carbocycles. The number of hydrogen-bond acceptors (Lipinski definition) is 4. The molecule has 1 N–H and O–H groups in total. The number of amides is 1. The summed E-state index contributed by atoms with van der Waals surface area (Å²) in [6.07, 6.45) is -4.20. The second kappa shape index (κ2) is 9.82. The lowest BCUT2D eigenvalue weighted by Crippen LogP contribution is -2.48. The Kier molecular flexibility index (Phi) is 7.17. The molecule has 1 saturated heterocycles. The molecule has 0 saturated carbocycles. The molecular formula is C22H23F3N2O4. The second-order valence-electron chi connectivity index (χ2n) is 7.32. The van der Waals surface area contributed by atoms with Crippen LogP contribution in [-0.4, -0.2) is 59.6 Å². The highest BCUT2D eigenvalue weighted by Crippen LogP contribution is 2.33. The van der Waals surface area contributed by atoms with Gasteiger partial charge in [-0.3, -0.25) is 9.69 Å². The molecule has 0 bridgehead atoms. The molecule has 0 spiro atoms. The van der Waals surface area contributed by atoms with Gasteiger partial charge in [0.1, 0.15) is 5.75 Å². The third-order valence-corrected chi connectivity index (χ3v) is 5.06. The molecule has 1 heterocycles. The van der Waals surface area contributed by atoms with E-state index in [1.807, 2.05) is 35.2 Å². The van der Waals surface area contributed by atoms with Crippen LogP contribution in [-0.2, 0) is 28.7 Å². The van der Waals surface area contributed by atoms with Crippen LogP contribution in [0.25, 0.3) is 0 Å². The number of carbonyl (C=O) groups is 2. The number of nitrogens with zero attached hydrogens (tertiary/aromatic N) is 2. The Balaban J connectivity index is 1.63. The highest BCUT2D eigenvalue weighted by molar-refractivity contribution is 5.78. The summed E-state index contributed by atoms with van der Waals surface area (Å²) in [7, 11) is 0. The van der Waals surface area contributed by atoms with Gasteiger partial charge < -0.3 is 14.7 Å². The van der Waals surface area contributed by atoms with Crippen LogP contribution < -0.4 is 4.74 Å². The number of carboxylic acid groups (broad SMARTS) is 1. The van der Waals surface area contributed by atoms with E-state index in [2.05, 4.69) is 0 Å². The van der Waals surface area contributed by atoms with Crippen molar-refractivity contribution in [3.05, 3.63) is 65.2 Å². The molecule has 2 aromatic carbocycles. The molecule has 3 rings (SSSR count). The van der Waals surface area contributed by atoms with Gasteiger partial charge in [0.2, 0.25) is 5.91 Å². The zero-order valence-electron chi connectivity index (χ0n) is 16.8. The Bertz CT molecular complexity index is 911. The third kappa shape index (κ3) is 6.45. The van der Waals surface area contributed by atoms with E-state index >= 15 is 0 Å². The van der Waals surface area contributed by atoms with Gasteiger partial charge in [-0.05, 0) is 23.8 Å². The molecule has 0 radical (unpaired) electrons. The van der Waals surface area contributed by atoms with E-state index in [4.69, 9.17) is 9.84 Å². The van der Waals surface area contributed by atoms with Crippen molar-refractivity contribution >= 4 is 11.9 Å². The van der Waals surface area contributed by atoms with Gasteiger partial charge in [-0.2, -0.15) is 13.2 Å². The van der Waals surface area contributed by atoms with Gasteiger partial charge in [0.25, 0.3) is 0 Å². The van der Waals surface area contributed by atoms with Crippen molar-refractivity contribution in [3.8, 4) is 5.75 Å². The molecule has 0 unspecified atom stereocenters. The number of halogens is 3. The smallest absolute Gasteiger partial charge is 0.416 e. The van der Waals surface area contributed by atoms with E-state index in [0.29, 0.717) is 32.6 Å². The maximum atomic E-state index is 13.1. The van der Waals surface area contributed by atoms with Gasteiger partial charge in [-0.1, -0.05) is 30.3 Å². The fraction of sp³-hybridized carbons (Fsp3) is 0.364. The monoisotopic (exact) mass is 436 g/mol. The first kappa shape index (κ1) is 22.6. The molecule has 31 heavy (non-hydrogen) atoms. The van der Waals surface area contributed by atoms with Crippen molar-refractivity contribution in [3.63, 3.8) is 0 Å². The molecule has 0 aromatic heterocycles. The minimum atomic E-state index is -4.51. The van der Waals surface area contributed by atoms with Crippen molar-refractivity contribution in [1.29, 1.82) is 0 Å². The summed E-state index contributed by atoms with van der Waals surface area (Å²) in [4.78, 5) is 26.9. The number of rotatable bonds is 7. The Morgan fingerprint density at radius 1 is 1.00 bits per heavy atom. The first-order chi connectivity index (χ1) is 14.7. The minimum absolute atomic E-state index is 0.00963. The van der Waals surface area contributed by atoms with Gasteiger partial charge in [0, 0.05) is 38.3 Å². The van der Waals surface area contributed by atoms with Crippen molar-refractivity contribution in [2.75, 3.05) is 32.8 Å². The molecule has 1 amide bonds. The van der Waals surface area contributed by atoms with Crippen molar-refractivity contribution in [2.24, 2.45) is 0 Å². The highest BCUT2D eigenvalue weighted by Gasteiger charge is 2.31. The minimum Gasteiger partial charge on any atom is -0.482 e. The van der Waals surface area contributed by atoms with Gasteiger partial charge in [-0.25, -0.2) is 4.79 Å². The lowest BCUT2D eigenvalue weighted by atomic mass is 10.1. The number of carboxylic acids is 1. The van der Waals surface area contributed by atoms with Gasteiger partial charge in [0.15, 0.2) is 6.61 Å². The van der Waals surface area contributed by atoms with Crippen LogP contribution in [0.4, 0.5) is 13.2 Å². The summed E-state index contributed by atoms with van der Waals surface area (Å²) in [6.45, 7) is 1.45. The topological polar surface area (TPSA) is 70.1 Å². The van der Waals surface area contributed by atoms with Crippen LogP contribution in [0.1, 0.15) is 16.7 Å². The van der Waals surface area contributed by atoms with Crippen LogP contribution in [0.5, 0.6) is 5.75 Å². The maximum Gasteiger partial charge on any atom is 0.416 e. The average molecular weight is 436 g/mol. The van der Waals surface area contributed by atoms with E-state index in [-0.39, 0.29) is 23.8 Å². The Labute approximate surface area is 177 Å². The quantitative estimate of drug-likeness (QED) is 0.723.